The van der Waals surface area contributed by atoms with Gasteiger partial charge in [0.2, 0.25) is 0 Å². The summed E-state index contributed by atoms with van der Waals surface area (Å²) in [5.41, 5.74) is 1.66. The summed E-state index contributed by atoms with van der Waals surface area (Å²) in [6.45, 7) is 0. The fraction of sp³-hybridized carbons (Fsp3) is 0. The van der Waals surface area contributed by atoms with Crippen LogP contribution in [0.4, 0.5) is 0 Å². The van der Waals surface area contributed by atoms with E-state index in [4.69, 9.17) is 9.68 Å². The van der Waals surface area contributed by atoms with Gasteiger partial charge in [0, 0.05) is 11.8 Å². The largest absolute Gasteiger partial charge is 0.417 e. The third-order valence-electron chi connectivity index (χ3n) is 2.80. The number of nitrogens with one attached hydrogen (secondary N) is 2. The number of oxazole rings is 1. The monoisotopic (exact) mass is 253 g/mol. The maximum Gasteiger partial charge on any atom is 0.417 e. The Bertz CT molecular complexity index is 924. The Morgan fingerprint density at radius 2 is 2.05 bits per heavy atom. The van der Waals surface area contributed by atoms with Crippen molar-refractivity contribution in [1.29, 1.82) is 5.26 Å². The number of aromatic nitrogens is 2. The van der Waals surface area contributed by atoms with Crippen LogP contribution in [-0.4, -0.2) is 9.97 Å². The molecule has 0 aliphatic heterocycles. The highest BCUT2D eigenvalue weighted by Crippen LogP contribution is 2.24. The number of hydrogen-bond acceptors (Lipinski definition) is 4. The van der Waals surface area contributed by atoms with E-state index in [0.717, 1.165) is 0 Å². The fourth-order valence-electron chi connectivity index (χ4n) is 1.94. The molecule has 0 saturated heterocycles. The second kappa shape index (κ2) is 3.99. The van der Waals surface area contributed by atoms with Crippen molar-refractivity contribution in [2.45, 2.75) is 0 Å². The van der Waals surface area contributed by atoms with Crippen molar-refractivity contribution in [3.8, 4) is 17.2 Å². The minimum absolute atomic E-state index is 0.0275. The van der Waals surface area contributed by atoms with Crippen LogP contribution in [0.1, 0.15) is 5.56 Å². The van der Waals surface area contributed by atoms with E-state index in [1.54, 1.807) is 24.3 Å². The van der Waals surface area contributed by atoms with Crippen LogP contribution in [0.2, 0.25) is 0 Å². The first-order chi connectivity index (χ1) is 9.19. The number of rotatable bonds is 1. The Labute approximate surface area is 105 Å². The Hall–Kier alpha value is -3.07. The van der Waals surface area contributed by atoms with Gasteiger partial charge in [-0.3, -0.25) is 9.78 Å². The van der Waals surface area contributed by atoms with Gasteiger partial charge in [-0.05, 0) is 23.8 Å². The third kappa shape index (κ3) is 1.73. The van der Waals surface area contributed by atoms with E-state index >= 15 is 0 Å². The van der Waals surface area contributed by atoms with Gasteiger partial charge in [-0.2, -0.15) is 5.26 Å². The van der Waals surface area contributed by atoms with E-state index in [9.17, 15) is 9.59 Å². The molecule has 6 heteroatoms. The van der Waals surface area contributed by atoms with Gasteiger partial charge in [-0.25, -0.2) is 4.79 Å². The molecule has 0 bridgehead atoms. The standard InChI is InChI=1S/C13H7N3O3/c14-6-9-8(3-4-15-12(9)17)7-1-2-10-11(5-7)19-13(18)16-10/h1-5H,(H,15,17)(H,16,18). The highest BCUT2D eigenvalue weighted by molar-refractivity contribution is 5.81. The van der Waals surface area contributed by atoms with Crippen LogP contribution in [-0.2, 0) is 0 Å². The zero-order chi connectivity index (χ0) is 13.4. The van der Waals surface area contributed by atoms with Gasteiger partial charge in [0.15, 0.2) is 5.58 Å². The summed E-state index contributed by atoms with van der Waals surface area (Å²) < 4.78 is 4.95. The molecule has 0 aliphatic carbocycles. The average Bonchev–Trinajstić information content (AvgIpc) is 2.77. The van der Waals surface area contributed by atoms with Gasteiger partial charge in [-0.15, -0.1) is 0 Å². The van der Waals surface area contributed by atoms with E-state index < -0.39 is 11.3 Å². The van der Waals surface area contributed by atoms with Crippen LogP contribution in [0.3, 0.4) is 0 Å². The fourth-order valence-corrected chi connectivity index (χ4v) is 1.94. The topological polar surface area (TPSA) is 103 Å². The Morgan fingerprint density at radius 3 is 2.84 bits per heavy atom. The molecule has 0 unspecified atom stereocenters. The van der Waals surface area contributed by atoms with Crippen LogP contribution < -0.4 is 11.3 Å². The van der Waals surface area contributed by atoms with Gasteiger partial charge in [-0.1, -0.05) is 6.07 Å². The number of hydrogen-bond donors (Lipinski definition) is 2. The lowest BCUT2D eigenvalue weighted by molar-refractivity contribution is 0.555. The molecule has 1 aromatic carbocycles. The van der Waals surface area contributed by atoms with Crippen molar-refractivity contribution in [1.82, 2.24) is 9.97 Å². The maximum absolute atomic E-state index is 11.6. The van der Waals surface area contributed by atoms with Gasteiger partial charge in [0.1, 0.15) is 11.6 Å². The van der Waals surface area contributed by atoms with E-state index in [1.165, 1.54) is 6.20 Å². The zero-order valence-electron chi connectivity index (χ0n) is 9.56. The molecule has 3 aromatic rings. The summed E-state index contributed by atoms with van der Waals surface area (Å²) in [5.74, 6) is -0.543. The Kier molecular flexibility index (Phi) is 2.32. The number of H-pyrrole nitrogens is 2. The van der Waals surface area contributed by atoms with Crippen molar-refractivity contribution in [2.75, 3.05) is 0 Å². The molecule has 0 atom stereocenters. The molecule has 92 valence electrons. The minimum Gasteiger partial charge on any atom is -0.408 e. The van der Waals surface area contributed by atoms with E-state index in [2.05, 4.69) is 9.97 Å². The molecule has 3 rings (SSSR count). The molecule has 0 saturated carbocycles. The number of aromatic amines is 2. The molecule has 0 radical (unpaired) electrons. The molecule has 0 spiro atoms. The molecule has 0 amide bonds. The lowest BCUT2D eigenvalue weighted by Crippen LogP contribution is -2.10. The second-order valence-electron chi connectivity index (χ2n) is 3.93. The lowest BCUT2D eigenvalue weighted by atomic mass is 10.0. The molecule has 0 aliphatic rings. The van der Waals surface area contributed by atoms with E-state index in [-0.39, 0.29) is 5.56 Å². The third-order valence-corrected chi connectivity index (χ3v) is 2.80. The predicted molar refractivity (Wildman–Crippen MR) is 67.6 cm³/mol. The van der Waals surface area contributed by atoms with Gasteiger partial charge >= 0.3 is 5.76 Å². The Morgan fingerprint density at radius 1 is 1.21 bits per heavy atom. The van der Waals surface area contributed by atoms with Gasteiger partial charge in [0.05, 0.1) is 5.52 Å². The summed E-state index contributed by atoms with van der Waals surface area (Å²) in [5, 5.41) is 9.03. The van der Waals surface area contributed by atoms with Crippen LogP contribution in [0.5, 0.6) is 0 Å². The molecule has 2 heterocycles. The van der Waals surface area contributed by atoms with Crippen molar-refractivity contribution in [3.63, 3.8) is 0 Å². The number of pyridine rings is 1. The summed E-state index contributed by atoms with van der Waals surface area (Å²) in [7, 11) is 0. The molecule has 2 aromatic heterocycles. The first-order valence-electron chi connectivity index (χ1n) is 5.44. The lowest BCUT2D eigenvalue weighted by Gasteiger charge is -2.02. The van der Waals surface area contributed by atoms with Crippen molar-refractivity contribution < 1.29 is 4.42 Å². The van der Waals surface area contributed by atoms with Crippen molar-refractivity contribution >= 4 is 11.1 Å². The Balaban J connectivity index is 2.30. The van der Waals surface area contributed by atoms with Crippen LogP contribution >= 0.6 is 0 Å². The van der Waals surface area contributed by atoms with Crippen LogP contribution in [0.15, 0.2) is 44.5 Å². The predicted octanol–water partition coefficient (Wildman–Crippen LogP) is 1.35. The van der Waals surface area contributed by atoms with E-state index in [0.29, 0.717) is 22.2 Å². The highest BCUT2D eigenvalue weighted by atomic mass is 16.4. The first kappa shape index (κ1) is 11.0. The molecule has 6 nitrogen and oxygen atoms in total. The number of nitriles is 1. The molecule has 2 N–H and O–H groups in total. The quantitative estimate of drug-likeness (QED) is 0.683. The zero-order valence-corrected chi connectivity index (χ0v) is 9.56. The molecule has 19 heavy (non-hydrogen) atoms. The molecule has 0 fully saturated rings. The normalized spacial score (nSPS) is 10.5. The van der Waals surface area contributed by atoms with E-state index in [1.807, 2.05) is 6.07 Å². The van der Waals surface area contributed by atoms with Gasteiger partial charge < -0.3 is 9.40 Å². The molecular weight excluding hydrogens is 246 g/mol. The minimum atomic E-state index is -0.543. The smallest absolute Gasteiger partial charge is 0.408 e. The van der Waals surface area contributed by atoms with Crippen molar-refractivity contribution in [2.24, 2.45) is 0 Å². The SMILES string of the molecule is N#Cc1c(-c2ccc3[nH]c(=O)oc3c2)cc[nH]c1=O. The summed E-state index contributed by atoms with van der Waals surface area (Å²) in [6.07, 6.45) is 1.47. The summed E-state index contributed by atoms with van der Waals surface area (Å²) in [6, 6.07) is 8.49. The van der Waals surface area contributed by atoms with Crippen LogP contribution in [0.25, 0.3) is 22.2 Å². The second-order valence-corrected chi connectivity index (χ2v) is 3.93. The summed E-state index contributed by atoms with van der Waals surface area (Å²) in [4.78, 5) is 27.6. The molecular formula is C13H7N3O3. The average molecular weight is 253 g/mol. The van der Waals surface area contributed by atoms with Crippen molar-refractivity contribution in [3.05, 3.63) is 56.9 Å². The highest BCUT2D eigenvalue weighted by Gasteiger charge is 2.10. The number of fused-ring (bicyclic) bond motifs is 1. The van der Waals surface area contributed by atoms with Gasteiger partial charge in [0.25, 0.3) is 5.56 Å². The number of nitrogens with zero attached hydrogens (tertiary/aromatic N) is 1. The summed E-state index contributed by atoms with van der Waals surface area (Å²) >= 11 is 0. The van der Waals surface area contributed by atoms with Crippen LogP contribution in [0, 0.1) is 11.3 Å². The first-order valence-corrected chi connectivity index (χ1v) is 5.44. The maximum atomic E-state index is 11.6. The number of benzene rings is 1.